The van der Waals surface area contributed by atoms with Crippen LogP contribution in [0.2, 0.25) is 0 Å². The van der Waals surface area contributed by atoms with Crippen LogP contribution >= 0.6 is 11.3 Å². The van der Waals surface area contributed by atoms with Gasteiger partial charge in [0.1, 0.15) is 10.7 Å². The lowest BCUT2D eigenvalue weighted by Gasteiger charge is -2.03. The molecule has 0 radical (unpaired) electrons. The zero-order valence-electron chi connectivity index (χ0n) is 11.9. The van der Waals surface area contributed by atoms with Crippen molar-refractivity contribution in [2.45, 2.75) is 13.3 Å². The van der Waals surface area contributed by atoms with Crippen LogP contribution in [-0.4, -0.2) is 19.8 Å². The molecule has 0 fully saturated rings. The largest absolute Gasteiger partial charge is 0.296 e. The van der Waals surface area contributed by atoms with Gasteiger partial charge in [-0.15, -0.1) is 10.2 Å². The first-order valence-electron chi connectivity index (χ1n) is 6.91. The summed E-state index contributed by atoms with van der Waals surface area (Å²) in [6, 6.07) is 14.5. The highest BCUT2D eigenvalue weighted by Crippen LogP contribution is 2.22. The molecule has 108 valence electrons. The third kappa shape index (κ3) is 2.08. The molecule has 0 spiro atoms. The van der Waals surface area contributed by atoms with E-state index in [2.05, 4.69) is 39.6 Å². The Bertz CT molecular complexity index is 1050. The zero-order valence-corrected chi connectivity index (χ0v) is 12.7. The number of aryl methyl sites for hydroxylation is 1. The van der Waals surface area contributed by atoms with Crippen molar-refractivity contribution in [3.05, 3.63) is 69.1 Å². The number of rotatable bonds is 2. The Morgan fingerprint density at radius 2 is 1.91 bits per heavy atom. The van der Waals surface area contributed by atoms with Gasteiger partial charge in [-0.25, -0.2) is 0 Å². The molecule has 4 rings (SSSR count). The molecule has 0 aliphatic rings. The van der Waals surface area contributed by atoms with Crippen LogP contribution in [0.25, 0.3) is 15.7 Å². The molecule has 22 heavy (non-hydrogen) atoms. The second-order valence-electron chi connectivity index (χ2n) is 5.10. The zero-order chi connectivity index (χ0) is 15.1. The van der Waals surface area contributed by atoms with Crippen molar-refractivity contribution in [2.24, 2.45) is 0 Å². The summed E-state index contributed by atoms with van der Waals surface area (Å²) in [4.78, 5) is 12.5. The van der Waals surface area contributed by atoms with Gasteiger partial charge in [0.05, 0.1) is 0 Å². The summed E-state index contributed by atoms with van der Waals surface area (Å²) < 4.78 is 1.34. The summed E-state index contributed by atoms with van der Waals surface area (Å²) in [5.41, 5.74) is 1.35. The summed E-state index contributed by atoms with van der Waals surface area (Å²) in [6.07, 6.45) is 0.674. The van der Waals surface area contributed by atoms with Gasteiger partial charge in [0.25, 0.3) is 5.56 Å². The Morgan fingerprint density at radius 3 is 2.82 bits per heavy atom. The fraction of sp³-hybridized carbons (Fsp3) is 0.125. The van der Waals surface area contributed by atoms with E-state index < -0.39 is 0 Å². The average molecular weight is 308 g/mol. The Hall–Kier alpha value is -2.60. The van der Waals surface area contributed by atoms with Crippen LogP contribution in [0, 0.1) is 6.92 Å². The maximum absolute atomic E-state index is 12.0. The van der Waals surface area contributed by atoms with E-state index in [1.807, 2.05) is 18.2 Å². The normalized spacial score (nSPS) is 11.3. The molecule has 0 bridgehead atoms. The second kappa shape index (κ2) is 4.99. The van der Waals surface area contributed by atoms with Crippen LogP contribution in [0.5, 0.6) is 0 Å². The van der Waals surface area contributed by atoms with E-state index in [9.17, 15) is 4.79 Å². The highest BCUT2D eigenvalue weighted by Gasteiger charge is 2.11. The highest BCUT2D eigenvalue weighted by atomic mass is 32.1. The van der Waals surface area contributed by atoms with Crippen LogP contribution < -0.4 is 5.56 Å². The standard InChI is InChI=1S/C16H12N4OS/c1-10-15(21)20-16(18-17-10)22-14(19-20)9-12-7-4-6-11-5-2-3-8-13(11)12/h2-8H,9H2,1H3. The number of hydrogen-bond donors (Lipinski definition) is 0. The van der Waals surface area contributed by atoms with Gasteiger partial charge in [0.15, 0.2) is 0 Å². The topological polar surface area (TPSA) is 60.1 Å². The van der Waals surface area contributed by atoms with Gasteiger partial charge in [-0.1, -0.05) is 53.8 Å². The molecule has 2 aromatic carbocycles. The van der Waals surface area contributed by atoms with E-state index >= 15 is 0 Å². The van der Waals surface area contributed by atoms with Gasteiger partial charge in [-0.3, -0.25) is 4.79 Å². The predicted octanol–water partition coefficient (Wildman–Crippen LogP) is 2.60. The van der Waals surface area contributed by atoms with Crippen molar-refractivity contribution in [3.63, 3.8) is 0 Å². The molecule has 0 aliphatic heterocycles. The van der Waals surface area contributed by atoms with Crippen LogP contribution in [0.3, 0.4) is 0 Å². The van der Waals surface area contributed by atoms with Crippen molar-refractivity contribution in [3.8, 4) is 0 Å². The lowest BCUT2D eigenvalue weighted by atomic mass is 10.0. The lowest BCUT2D eigenvalue weighted by molar-refractivity contribution is 0.811. The van der Waals surface area contributed by atoms with Crippen LogP contribution in [0.4, 0.5) is 0 Å². The number of hydrogen-bond acceptors (Lipinski definition) is 5. The fourth-order valence-corrected chi connectivity index (χ4v) is 3.37. The Balaban J connectivity index is 1.83. The molecule has 6 heteroatoms. The van der Waals surface area contributed by atoms with Crippen molar-refractivity contribution >= 4 is 27.1 Å². The first-order valence-corrected chi connectivity index (χ1v) is 7.73. The minimum Gasteiger partial charge on any atom is -0.265 e. The summed E-state index contributed by atoms with van der Waals surface area (Å²) in [6.45, 7) is 1.64. The Labute approximate surface area is 129 Å². The van der Waals surface area contributed by atoms with Gasteiger partial charge >= 0.3 is 0 Å². The molecule has 0 amide bonds. The van der Waals surface area contributed by atoms with Crippen molar-refractivity contribution < 1.29 is 0 Å². The molecule has 0 saturated carbocycles. The number of fused-ring (bicyclic) bond motifs is 2. The minimum absolute atomic E-state index is 0.203. The molecular weight excluding hydrogens is 296 g/mol. The maximum atomic E-state index is 12.0. The van der Waals surface area contributed by atoms with Crippen molar-refractivity contribution in [1.82, 2.24) is 19.8 Å². The molecular formula is C16H12N4OS. The molecule has 0 atom stereocenters. The van der Waals surface area contributed by atoms with Crippen LogP contribution in [0.1, 0.15) is 16.3 Å². The third-order valence-corrected chi connectivity index (χ3v) is 4.51. The van der Waals surface area contributed by atoms with E-state index in [4.69, 9.17) is 0 Å². The minimum atomic E-state index is -0.203. The predicted molar refractivity (Wildman–Crippen MR) is 86.4 cm³/mol. The van der Waals surface area contributed by atoms with E-state index in [1.54, 1.807) is 6.92 Å². The molecule has 0 aliphatic carbocycles. The SMILES string of the molecule is Cc1nnc2sc(Cc3cccc4ccccc34)nn2c1=O. The van der Waals surface area contributed by atoms with Crippen LogP contribution in [-0.2, 0) is 6.42 Å². The molecule has 0 saturated heterocycles. The van der Waals surface area contributed by atoms with Crippen molar-refractivity contribution in [2.75, 3.05) is 0 Å². The second-order valence-corrected chi connectivity index (χ2v) is 6.14. The van der Waals surface area contributed by atoms with Gasteiger partial charge in [0.2, 0.25) is 4.96 Å². The Kier molecular flexibility index (Phi) is 2.97. The molecule has 2 heterocycles. The van der Waals surface area contributed by atoms with Crippen molar-refractivity contribution in [1.29, 1.82) is 0 Å². The van der Waals surface area contributed by atoms with Gasteiger partial charge in [0, 0.05) is 6.42 Å². The summed E-state index contributed by atoms with van der Waals surface area (Å²) >= 11 is 1.40. The molecule has 0 unspecified atom stereocenters. The highest BCUT2D eigenvalue weighted by molar-refractivity contribution is 7.16. The maximum Gasteiger partial charge on any atom is 0.296 e. The van der Waals surface area contributed by atoms with E-state index in [0.717, 1.165) is 5.01 Å². The molecule has 0 N–H and O–H groups in total. The molecule has 5 nitrogen and oxygen atoms in total. The van der Waals surface area contributed by atoms with Gasteiger partial charge in [-0.2, -0.15) is 9.61 Å². The third-order valence-electron chi connectivity index (χ3n) is 3.61. The van der Waals surface area contributed by atoms with E-state index in [1.165, 1.54) is 32.2 Å². The smallest absolute Gasteiger partial charge is 0.265 e. The Morgan fingerprint density at radius 1 is 1.09 bits per heavy atom. The monoisotopic (exact) mass is 308 g/mol. The lowest BCUT2D eigenvalue weighted by Crippen LogP contribution is -2.19. The fourth-order valence-electron chi connectivity index (χ4n) is 2.51. The first kappa shape index (κ1) is 13.1. The number of nitrogens with zero attached hydrogens (tertiary/aromatic N) is 4. The van der Waals surface area contributed by atoms with E-state index in [-0.39, 0.29) is 5.56 Å². The summed E-state index contributed by atoms with van der Waals surface area (Å²) in [7, 11) is 0. The number of benzene rings is 2. The number of aromatic nitrogens is 4. The average Bonchev–Trinajstić information content (AvgIpc) is 2.95. The van der Waals surface area contributed by atoms with Crippen LogP contribution in [0.15, 0.2) is 47.3 Å². The molecule has 4 aromatic rings. The van der Waals surface area contributed by atoms with Gasteiger partial charge < -0.3 is 0 Å². The first-order chi connectivity index (χ1) is 10.7. The quantitative estimate of drug-likeness (QED) is 0.571. The molecule has 2 aromatic heterocycles. The summed E-state index contributed by atoms with van der Waals surface area (Å²) in [5.74, 6) is 0. The summed E-state index contributed by atoms with van der Waals surface area (Å²) in [5, 5.41) is 15.6. The van der Waals surface area contributed by atoms with Gasteiger partial charge in [-0.05, 0) is 23.3 Å². The van der Waals surface area contributed by atoms with E-state index in [0.29, 0.717) is 17.1 Å².